The van der Waals surface area contributed by atoms with Crippen LogP contribution in [0.4, 0.5) is 0 Å². The number of Topliss-reactive ketones (excluding diaryl/α,β-unsaturated/α-hetero) is 1. The Morgan fingerprint density at radius 3 is 2.26 bits per heavy atom. The number of carbonyl (C=O) groups excluding carboxylic acids is 2. The van der Waals surface area contributed by atoms with Gasteiger partial charge in [0.05, 0.1) is 11.6 Å². The van der Waals surface area contributed by atoms with Gasteiger partial charge in [-0.15, -0.1) is 0 Å². The summed E-state index contributed by atoms with van der Waals surface area (Å²) in [5, 5.41) is 22.9. The summed E-state index contributed by atoms with van der Waals surface area (Å²) in [4.78, 5) is 27.9. The van der Waals surface area contributed by atoms with Gasteiger partial charge in [-0.3, -0.25) is 9.59 Å². The van der Waals surface area contributed by atoms with Crippen LogP contribution in [0.3, 0.4) is 0 Å². The first-order chi connectivity index (χ1) is 15.0. The van der Waals surface area contributed by atoms with Crippen LogP contribution in [0.5, 0.6) is 5.75 Å². The van der Waals surface area contributed by atoms with E-state index in [0.29, 0.717) is 11.1 Å². The molecule has 2 aliphatic rings. The lowest BCUT2D eigenvalue weighted by Gasteiger charge is -2.30. The van der Waals surface area contributed by atoms with Gasteiger partial charge in [-0.1, -0.05) is 61.4 Å². The van der Waals surface area contributed by atoms with E-state index in [9.17, 15) is 19.8 Å². The van der Waals surface area contributed by atoms with Gasteiger partial charge in [0, 0.05) is 11.6 Å². The molecule has 3 aromatic carbocycles. The van der Waals surface area contributed by atoms with E-state index < -0.39 is 17.7 Å². The maximum atomic E-state index is 13.1. The fourth-order valence-corrected chi connectivity index (χ4v) is 4.89. The number of hydrogen-bond acceptors (Lipinski definition) is 4. The number of aliphatic hydroxyl groups is 1. The molecule has 1 amide bonds. The second-order valence-corrected chi connectivity index (χ2v) is 8.30. The Morgan fingerprint density at radius 1 is 0.871 bits per heavy atom. The molecular formula is C26H23NO4. The molecule has 2 fully saturated rings. The Balaban J connectivity index is 1.68. The molecule has 156 valence electrons. The van der Waals surface area contributed by atoms with Crippen LogP contribution in [0.2, 0.25) is 0 Å². The Bertz CT molecular complexity index is 1210. The Labute approximate surface area is 180 Å². The van der Waals surface area contributed by atoms with Crippen LogP contribution in [0, 0.1) is 0 Å². The molecule has 5 heteroatoms. The van der Waals surface area contributed by atoms with Gasteiger partial charge in [-0.05, 0) is 47.4 Å². The van der Waals surface area contributed by atoms with Crippen LogP contribution >= 0.6 is 0 Å². The van der Waals surface area contributed by atoms with Crippen molar-refractivity contribution in [3.63, 3.8) is 0 Å². The molecule has 0 bridgehead atoms. The smallest absolute Gasteiger partial charge is 0.295 e. The van der Waals surface area contributed by atoms with E-state index in [0.717, 1.165) is 36.5 Å². The van der Waals surface area contributed by atoms with Gasteiger partial charge in [0.2, 0.25) is 0 Å². The molecule has 31 heavy (non-hydrogen) atoms. The highest BCUT2D eigenvalue weighted by Crippen LogP contribution is 2.43. The molecule has 0 radical (unpaired) electrons. The number of fused-ring (bicyclic) bond motifs is 1. The number of likely N-dealkylation sites (tertiary alicyclic amines) is 1. The summed E-state index contributed by atoms with van der Waals surface area (Å²) in [5.41, 5.74) is 1.32. The third kappa shape index (κ3) is 3.26. The first-order valence-corrected chi connectivity index (χ1v) is 10.6. The first-order valence-electron chi connectivity index (χ1n) is 10.6. The number of phenolic OH excluding ortho intramolecular Hbond substituents is 1. The zero-order chi connectivity index (χ0) is 21.5. The summed E-state index contributed by atoms with van der Waals surface area (Å²) in [6.07, 6.45) is 3.72. The number of aromatic hydroxyl groups is 1. The number of phenols is 1. The van der Waals surface area contributed by atoms with Gasteiger partial charge in [-0.2, -0.15) is 0 Å². The normalized spacial score (nSPS) is 21.3. The maximum absolute atomic E-state index is 13.1. The van der Waals surface area contributed by atoms with Gasteiger partial charge < -0.3 is 15.1 Å². The van der Waals surface area contributed by atoms with Crippen molar-refractivity contribution >= 4 is 28.2 Å². The lowest BCUT2D eigenvalue weighted by Crippen LogP contribution is -2.37. The summed E-state index contributed by atoms with van der Waals surface area (Å²) in [5.74, 6) is -1.28. The highest BCUT2D eigenvalue weighted by atomic mass is 16.3. The number of ketones is 1. The SMILES string of the molecule is O=C1C(=O)N(C2CCCC2)C(c2ccc(O)cc2)/C1=C(/O)c1ccc2ccccc2c1. The molecule has 1 atom stereocenters. The third-order valence-corrected chi connectivity index (χ3v) is 6.43. The average molecular weight is 413 g/mol. The van der Waals surface area contributed by atoms with Crippen LogP contribution in [-0.4, -0.2) is 32.8 Å². The van der Waals surface area contributed by atoms with Gasteiger partial charge in [-0.25, -0.2) is 0 Å². The lowest BCUT2D eigenvalue weighted by atomic mass is 9.94. The summed E-state index contributed by atoms with van der Waals surface area (Å²) < 4.78 is 0. The summed E-state index contributed by atoms with van der Waals surface area (Å²) >= 11 is 0. The standard InChI is InChI=1S/C26H23NO4/c28-21-13-11-17(12-14-21)23-22(25(30)26(31)27(23)20-7-3-4-8-20)24(29)19-10-9-16-5-1-2-6-18(16)15-19/h1-2,5-6,9-15,20,23,28-29H,3-4,7-8H2/b24-22-. The summed E-state index contributed by atoms with van der Waals surface area (Å²) in [7, 11) is 0. The minimum absolute atomic E-state index is 0.0304. The molecule has 0 spiro atoms. The lowest BCUT2D eigenvalue weighted by molar-refractivity contribution is -0.141. The van der Waals surface area contributed by atoms with Crippen molar-refractivity contribution in [3.05, 3.63) is 83.4 Å². The molecule has 1 saturated carbocycles. The molecule has 1 aliphatic carbocycles. The minimum Gasteiger partial charge on any atom is -0.508 e. The average Bonchev–Trinajstić information content (AvgIpc) is 3.40. The Hall–Kier alpha value is -3.60. The second kappa shape index (κ2) is 7.58. The van der Waals surface area contributed by atoms with E-state index in [1.54, 1.807) is 35.2 Å². The van der Waals surface area contributed by atoms with Crippen molar-refractivity contribution in [3.8, 4) is 5.75 Å². The number of aliphatic hydroxyl groups excluding tert-OH is 1. The monoisotopic (exact) mass is 413 g/mol. The van der Waals surface area contributed by atoms with Crippen LogP contribution < -0.4 is 0 Å². The molecule has 1 heterocycles. The van der Waals surface area contributed by atoms with E-state index in [1.165, 1.54) is 0 Å². The highest BCUT2D eigenvalue weighted by Gasteiger charge is 2.49. The first kappa shape index (κ1) is 19.4. The van der Waals surface area contributed by atoms with Crippen molar-refractivity contribution in [2.75, 3.05) is 0 Å². The van der Waals surface area contributed by atoms with Crippen LogP contribution in [0.25, 0.3) is 16.5 Å². The number of benzene rings is 3. The van der Waals surface area contributed by atoms with E-state index >= 15 is 0 Å². The quantitative estimate of drug-likeness (QED) is 0.363. The zero-order valence-corrected chi connectivity index (χ0v) is 17.0. The van der Waals surface area contributed by atoms with E-state index in [4.69, 9.17) is 0 Å². The predicted molar refractivity (Wildman–Crippen MR) is 118 cm³/mol. The maximum Gasteiger partial charge on any atom is 0.295 e. The third-order valence-electron chi connectivity index (χ3n) is 6.43. The van der Waals surface area contributed by atoms with Gasteiger partial charge in [0.15, 0.2) is 0 Å². The summed E-state index contributed by atoms with van der Waals surface area (Å²) in [6, 6.07) is 19.1. The molecule has 1 unspecified atom stereocenters. The van der Waals surface area contributed by atoms with Crippen LogP contribution in [0.15, 0.2) is 72.3 Å². The second-order valence-electron chi connectivity index (χ2n) is 8.30. The highest BCUT2D eigenvalue weighted by molar-refractivity contribution is 6.46. The number of nitrogens with zero attached hydrogens (tertiary/aromatic N) is 1. The van der Waals surface area contributed by atoms with Crippen LogP contribution in [-0.2, 0) is 9.59 Å². The molecule has 2 N–H and O–H groups in total. The number of rotatable bonds is 3. The Kier molecular flexibility index (Phi) is 4.74. The number of hydrogen-bond donors (Lipinski definition) is 2. The largest absolute Gasteiger partial charge is 0.508 e. The van der Waals surface area contributed by atoms with Gasteiger partial charge in [0.1, 0.15) is 11.5 Å². The van der Waals surface area contributed by atoms with Crippen LogP contribution in [0.1, 0.15) is 42.9 Å². The molecule has 0 aromatic heterocycles. The molecule has 5 nitrogen and oxygen atoms in total. The molecule has 1 aliphatic heterocycles. The van der Waals surface area contributed by atoms with Crippen molar-refractivity contribution in [1.82, 2.24) is 4.90 Å². The molecule has 3 aromatic rings. The minimum atomic E-state index is -0.671. The van der Waals surface area contributed by atoms with E-state index in [1.807, 2.05) is 36.4 Å². The van der Waals surface area contributed by atoms with Crippen molar-refractivity contribution in [2.24, 2.45) is 0 Å². The number of amides is 1. The topological polar surface area (TPSA) is 77.8 Å². The van der Waals surface area contributed by atoms with E-state index in [2.05, 4.69) is 0 Å². The predicted octanol–water partition coefficient (Wildman–Crippen LogP) is 4.91. The number of carbonyl (C=O) groups is 2. The Morgan fingerprint density at radius 2 is 1.55 bits per heavy atom. The van der Waals surface area contributed by atoms with E-state index in [-0.39, 0.29) is 23.1 Å². The fraction of sp³-hybridized carbons (Fsp3) is 0.231. The van der Waals surface area contributed by atoms with Gasteiger partial charge >= 0.3 is 0 Å². The fourth-order valence-electron chi connectivity index (χ4n) is 4.89. The van der Waals surface area contributed by atoms with Gasteiger partial charge in [0.25, 0.3) is 11.7 Å². The molecule has 5 rings (SSSR count). The molecule has 1 saturated heterocycles. The van der Waals surface area contributed by atoms with Crippen molar-refractivity contribution in [2.45, 2.75) is 37.8 Å². The van der Waals surface area contributed by atoms with Crippen molar-refractivity contribution < 1.29 is 19.8 Å². The molecular weight excluding hydrogens is 390 g/mol. The zero-order valence-electron chi connectivity index (χ0n) is 17.0. The van der Waals surface area contributed by atoms with Crippen molar-refractivity contribution in [1.29, 1.82) is 0 Å². The summed E-state index contributed by atoms with van der Waals surface area (Å²) in [6.45, 7) is 0.